The fourth-order valence-electron chi connectivity index (χ4n) is 2.75. The molecule has 1 fully saturated rings. The third kappa shape index (κ3) is 3.73. The molecule has 2 heterocycles. The molecular weight excluding hydrogens is 308 g/mol. The van der Waals surface area contributed by atoms with Gasteiger partial charge in [-0.1, -0.05) is 42.4 Å². The van der Waals surface area contributed by atoms with Crippen LogP contribution >= 0.6 is 0 Å². The first-order valence-corrected chi connectivity index (χ1v) is 8.20. The van der Waals surface area contributed by atoms with Gasteiger partial charge in [-0.15, -0.1) is 0 Å². The van der Waals surface area contributed by atoms with E-state index in [4.69, 9.17) is 9.63 Å². The van der Waals surface area contributed by atoms with Crippen molar-refractivity contribution in [2.75, 3.05) is 26.2 Å². The fraction of sp³-hybridized carbons (Fsp3) is 0.471. The second kappa shape index (κ2) is 7.44. The van der Waals surface area contributed by atoms with Crippen molar-refractivity contribution in [1.82, 2.24) is 20.4 Å². The number of urea groups is 1. The Morgan fingerprint density at radius 1 is 1.46 bits per heavy atom. The van der Waals surface area contributed by atoms with Gasteiger partial charge in [-0.25, -0.2) is 4.79 Å². The van der Waals surface area contributed by atoms with Crippen LogP contribution in [0.15, 0.2) is 34.9 Å². The zero-order valence-corrected chi connectivity index (χ0v) is 13.7. The summed E-state index contributed by atoms with van der Waals surface area (Å²) in [5, 5.41) is 16.0. The quantitative estimate of drug-likeness (QED) is 0.873. The van der Waals surface area contributed by atoms with Gasteiger partial charge in [0, 0.05) is 37.7 Å². The highest BCUT2D eigenvalue weighted by Crippen LogP contribution is 2.19. The monoisotopic (exact) mass is 330 g/mol. The predicted molar refractivity (Wildman–Crippen MR) is 88.3 cm³/mol. The third-order valence-corrected chi connectivity index (χ3v) is 4.29. The molecule has 128 valence electrons. The molecule has 0 bridgehead atoms. The van der Waals surface area contributed by atoms with Crippen molar-refractivity contribution in [3.05, 3.63) is 36.2 Å². The lowest BCUT2D eigenvalue weighted by atomic mass is 10.1. The molecule has 1 aromatic heterocycles. The van der Waals surface area contributed by atoms with E-state index in [0.717, 1.165) is 12.0 Å². The molecule has 1 aliphatic heterocycles. The summed E-state index contributed by atoms with van der Waals surface area (Å²) in [6.45, 7) is 3.78. The minimum absolute atomic E-state index is 0.0739. The molecule has 2 atom stereocenters. The van der Waals surface area contributed by atoms with Crippen LogP contribution in [-0.2, 0) is 0 Å². The van der Waals surface area contributed by atoms with Crippen molar-refractivity contribution < 1.29 is 14.4 Å². The molecule has 24 heavy (non-hydrogen) atoms. The molecule has 7 nitrogen and oxygen atoms in total. The van der Waals surface area contributed by atoms with E-state index in [9.17, 15) is 4.79 Å². The van der Waals surface area contributed by atoms with Gasteiger partial charge in [-0.05, 0) is 6.42 Å². The predicted octanol–water partition coefficient (Wildman–Crippen LogP) is 1.86. The second-order valence-corrected chi connectivity index (χ2v) is 6.19. The Balaban J connectivity index is 1.53. The Labute approximate surface area is 140 Å². The van der Waals surface area contributed by atoms with Gasteiger partial charge in [0.25, 0.3) is 0 Å². The first kappa shape index (κ1) is 16.4. The summed E-state index contributed by atoms with van der Waals surface area (Å²) in [6.07, 6.45) is 0.851. The van der Waals surface area contributed by atoms with Gasteiger partial charge in [0.05, 0.1) is 5.92 Å². The Kier molecular flexibility index (Phi) is 5.10. The van der Waals surface area contributed by atoms with Gasteiger partial charge < -0.3 is 19.8 Å². The van der Waals surface area contributed by atoms with E-state index in [0.29, 0.717) is 31.3 Å². The van der Waals surface area contributed by atoms with Crippen molar-refractivity contribution in [2.24, 2.45) is 5.92 Å². The van der Waals surface area contributed by atoms with Crippen LogP contribution in [0.25, 0.3) is 11.4 Å². The van der Waals surface area contributed by atoms with Crippen molar-refractivity contribution in [1.29, 1.82) is 0 Å². The lowest BCUT2D eigenvalue weighted by Crippen LogP contribution is -2.40. The number of rotatable bonds is 5. The Morgan fingerprint density at radius 2 is 2.25 bits per heavy atom. The van der Waals surface area contributed by atoms with Crippen molar-refractivity contribution in [2.45, 2.75) is 19.3 Å². The number of aromatic nitrogens is 2. The van der Waals surface area contributed by atoms with Gasteiger partial charge in [0.1, 0.15) is 0 Å². The summed E-state index contributed by atoms with van der Waals surface area (Å²) in [5.41, 5.74) is 0.899. The summed E-state index contributed by atoms with van der Waals surface area (Å²) in [5.74, 6) is 1.17. The number of hydrogen-bond acceptors (Lipinski definition) is 5. The number of nitrogens with one attached hydrogen (secondary N) is 1. The molecule has 2 unspecified atom stereocenters. The molecule has 1 aliphatic rings. The summed E-state index contributed by atoms with van der Waals surface area (Å²) in [4.78, 5) is 18.3. The van der Waals surface area contributed by atoms with Crippen molar-refractivity contribution in [3.8, 4) is 11.4 Å². The van der Waals surface area contributed by atoms with Crippen LogP contribution in [0.2, 0.25) is 0 Å². The molecule has 2 amide bonds. The molecule has 3 rings (SSSR count). The molecule has 2 N–H and O–H groups in total. The van der Waals surface area contributed by atoms with E-state index in [1.54, 1.807) is 4.90 Å². The summed E-state index contributed by atoms with van der Waals surface area (Å²) in [6, 6.07) is 9.51. The van der Waals surface area contributed by atoms with E-state index < -0.39 is 0 Å². The van der Waals surface area contributed by atoms with E-state index in [1.807, 2.05) is 37.3 Å². The minimum atomic E-state index is -0.111. The highest BCUT2D eigenvalue weighted by Gasteiger charge is 2.26. The van der Waals surface area contributed by atoms with Gasteiger partial charge in [0.2, 0.25) is 11.7 Å². The highest BCUT2D eigenvalue weighted by molar-refractivity contribution is 5.74. The van der Waals surface area contributed by atoms with E-state index in [-0.39, 0.29) is 24.5 Å². The van der Waals surface area contributed by atoms with Crippen LogP contribution in [-0.4, -0.2) is 52.4 Å². The number of likely N-dealkylation sites (tertiary alicyclic amines) is 1. The standard InChI is InChI=1S/C17H22N4O3/c1-12(9-18-17(23)21-8-7-13(10-21)11-22)16-19-15(20-24-16)14-5-3-2-4-6-14/h2-6,12-13,22H,7-11H2,1H3,(H,18,23). The molecule has 1 saturated heterocycles. The highest BCUT2D eigenvalue weighted by atomic mass is 16.5. The topological polar surface area (TPSA) is 91.5 Å². The number of hydrogen-bond donors (Lipinski definition) is 2. The van der Waals surface area contributed by atoms with Crippen molar-refractivity contribution >= 4 is 6.03 Å². The molecule has 0 spiro atoms. The van der Waals surface area contributed by atoms with Crippen LogP contribution < -0.4 is 5.32 Å². The first-order chi connectivity index (χ1) is 11.7. The lowest BCUT2D eigenvalue weighted by molar-refractivity contribution is 0.197. The Hall–Kier alpha value is -2.41. The maximum atomic E-state index is 12.1. The summed E-state index contributed by atoms with van der Waals surface area (Å²) in [7, 11) is 0. The summed E-state index contributed by atoms with van der Waals surface area (Å²) >= 11 is 0. The summed E-state index contributed by atoms with van der Waals surface area (Å²) < 4.78 is 5.31. The minimum Gasteiger partial charge on any atom is -0.396 e. The smallest absolute Gasteiger partial charge is 0.317 e. The molecule has 7 heteroatoms. The Morgan fingerprint density at radius 3 is 2.96 bits per heavy atom. The van der Waals surface area contributed by atoms with E-state index >= 15 is 0 Å². The number of aliphatic hydroxyl groups excluding tert-OH is 1. The SMILES string of the molecule is CC(CNC(=O)N1CCC(CO)C1)c1nc(-c2ccccc2)no1. The normalized spacial score (nSPS) is 18.6. The second-order valence-electron chi connectivity index (χ2n) is 6.19. The third-order valence-electron chi connectivity index (χ3n) is 4.29. The van der Waals surface area contributed by atoms with Crippen LogP contribution in [0.4, 0.5) is 4.79 Å². The van der Waals surface area contributed by atoms with Gasteiger partial charge in [-0.2, -0.15) is 4.98 Å². The van der Waals surface area contributed by atoms with Gasteiger partial charge in [0.15, 0.2) is 0 Å². The maximum Gasteiger partial charge on any atom is 0.317 e. The average Bonchev–Trinajstić information content (AvgIpc) is 3.29. The Bertz CT molecular complexity index is 673. The number of amides is 2. The largest absolute Gasteiger partial charge is 0.396 e. The average molecular weight is 330 g/mol. The number of nitrogens with zero attached hydrogens (tertiary/aromatic N) is 3. The van der Waals surface area contributed by atoms with Crippen LogP contribution in [0.5, 0.6) is 0 Å². The molecular formula is C17H22N4O3. The maximum absolute atomic E-state index is 12.1. The van der Waals surface area contributed by atoms with Crippen LogP contribution in [0.3, 0.4) is 0 Å². The number of aliphatic hydroxyl groups is 1. The molecule has 0 saturated carbocycles. The zero-order valence-electron chi connectivity index (χ0n) is 13.7. The number of carbonyl (C=O) groups excluding carboxylic acids is 1. The van der Waals surface area contributed by atoms with Crippen molar-refractivity contribution in [3.63, 3.8) is 0 Å². The molecule has 0 radical (unpaired) electrons. The number of benzene rings is 1. The lowest BCUT2D eigenvalue weighted by Gasteiger charge is -2.18. The van der Waals surface area contributed by atoms with Crippen LogP contribution in [0.1, 0.15) is 25.2 Å². The van der Waals surface area contributed by atoms with Gasteiger partial charge >= 0.3 is 6.03 Å². The molecule has 1 aromatic carbocycles. The number of carbonyl (C=O) groups is 1. The molecule has 0 aliphatic carbocycles. The van der Waals surface area contributed by atoms with E-state index in [2.05, 4.69) is 15.5 Å². The fourth-order valence-corrected chi connectivity index (χ4v) is 2.75. The first-order valence-electron chi connectivity index (χ1n) is 8.20. The van der Waals surface area contributed by atoms with Gasteiger partial charge in [-0.3, -0.25) is 0 Å². The molecule has 2 aromatic rings. The zero-order chi connectivity index (χ0) is 16.9. The van der Waals surface area contributed by atoms with Crippen LogP contribution in [0, 0.1) is 5.92 Å². The van der Waals surface area contributed by atoms with E-state index in [1.165, 1.54) is 0 Å².